The number of amidine groups is 1. The van der Waals surface area contributed by atoms with Gasteiger partial charge in [0, 0.05) is 18.3 Å². The molecule has 0 amide bonds. The molecule has 0 aromatic rings. The lowest BCUT2D eigenvalue weighted by molar-refractivity contribution is 0.403. The van der Waals surface area contributed by atoms with Gasteiger partial charge in [-0.1, -0.05) is 25.6 Å². The number of thioether (sulfide) groups is 1. The summed E-state index contributed by atoms with van der Waals surface area (Å²) in [5.41, 5.74) is 0. The van der Waals surface area contributed by atoms with E-state index in [0.29, 0.717) is 12.0 Å². The maximum absolute atomic E-state index is 4.63. The molecule has 1 aliphatic rings. The minimum atomic E-state index is 0.619. The SMILES string of the molecule is CC(C)C1CCSC(=NCCCN(C)C)N1. The maximum atomic E-state index is 4.63. The third kappa shape index (κ3) is 5.21. The van der Waals surface area contributed by atoms with Gasteiger partial charge in [-0.15, -0.1) is 0 Å². The summed E-state index contributed by atoms with van der Waals surface area (Å²) in [6.07, 6.45) is 2.41. The second kappa shape index (κ2) is 7.17. The molecule has 0 radical (unpaired) electrons. The van der Waals surface area contributed by atoms with Crippen molar-refractivity contribution >= 4 is 16.9 Å². The van der Waals surface area contributed by atoms with Crippen molar-refractivity contribution in [1.82, 2.24) is 10.2 Å². The van der Waals surface area contributed by atoms with Crippen molar-refractivity contribution in [1.29, 1.82) is 0 Å². The van der Waals surface area contributed by atoms with E-state index in [2.05, 4.69) is 43.2 Å². The molecule has 0 bridgehead atoms. The van der Waals surface area contributed by atoms with Crippen molar-refractivity contribution in [3.05, 3.63) is 0 Å². The van der Waals surface area contributed by atoms with Crippen LogP contribution in [-0.2, 0) is 0 Å². The smallest absolute Gasteiger partial charge is 0.156 e. The molecule has 1 aliphatic heterocycles. The van der Waals surface area contributed by atoms with Crippen LogP contribution in [0.25, 0.3) is 0 Å². The average Bonchev–Trinajstić information content (AvgIpc) is 2.24. The zero-order valence-corrected chi connectivity index (χ0v) is 11.8. The summed E-state index contributed by atoms with van der Waals surface area (Å²) in [5, 5.41) is 4.70. The third-order valence-corrected chi connectivity index (χ3v) is 3.76. The van der Waals surface area contributed by atoms with Crippen molar-refractivity contribution in [2.24, 2.45) is 10.9 Å². The number of aliphatic imine (C=N–C) groups is 1. The van der Waals surface area contributed by atoms with Gasteiger partial charge in [-0.2, -0.15) is 0 Å². The summed E-state index contributed by atoms with van der Waals surface area (Å²) in [5.74, 6) is 1.91. The fourth-order valence-electron chi connectivity index (χ4n) is 1.71. The minimum Gasteiger partial charge on any atom is -0.362 e. The van der Waals surface area contributed by atoms with Gasteiger partial charge < -0.3 is 10.2 Å². The molecule has 3 nitrogen and oxygen atoms in total. The van der Waals surface area contributed by atoms with Gasteiger partial charge >= 0.3 is 0 Å². The van der Waals surface area contributed by atoms with E-state index in [1.807, 2.05) is 11.8 Å². The molecule has 0 aromatic carbocycles. The lowest BCUT2D eigenvalue weighted by atomic mass is 10.0. The molecule has 0 saturated carbocycles. The fraction of sp³-hybridized carbons (Fsp3) is 0.917. The van der Waals surface area contributed by atoms with Gasteiger partial charge in [-0.25, -0.2) is 0 Å². The molecular weight excluding hydrogens is 218 g/mol. The van der Waals surface area contributed by atoms with Crippen LogP contribution in [0, 0.1) is 5.92 Å². The average molecular weight is 243 g/mol. The maximum Gasteiger partial charge on any atom is 0.156 e. The van der Waals surface area contributed by atoms with E-state index in [4.69, 9.17) is 0 Å². The molecule has 94 valence electrons. The summed E-state index contributed by atoms with van der Waals surface area (Å²) in [7, 11) is 4.21. The summed E-state index contributed by atoms with van der Waals surface area (Å²) in [6, 6.07) is 0.619. The van der Waals surface area contributed by atoms with Gasteiger partial charge in [0.05, 0.1) is 0 Å². The lowest BCUT2D eigenvalue weighted by Crippen LogP contribution is -2.41. The molecule has 1 fully saturated rings. The Morgan fingerprint density at radius 1 is 1.50 bits per heavy atom. The highest BCUT2D eigenvalue weighted by molar-refractivity contribution is 8.13. The van der Waals surface area contributed by atoms with Gasteiger partial charge in [0.15, 0.2) is 5.17 Å². The van der Waals surface area contributed by atoms with Crippen LogP contribution < -0.4 is 5.32 Å². The summed E-state index contributed by atoms with van der Waals surface area (Å²) < 4.78 is 0. The van der Waals surface area contributed by atoms with Crippen LogP contribution in [0.15, 0.2) is 4.99 Å². The Morgan fingerprint density at radius 2 is 2.25 bits per heavy atom. The van der Waals surface area contributed by atoms with Crippen molar-refractivity contribution in [2.45, 2.75) is 32.7 Å². The fourth-order valence-corrected chi connectivity index (χ4v) is 2.70. The van der Waals surface area contributed by atoms with Crippen LogP contribution in [0.4, 0.5) is 0 Å². The first-order chi connectivity index (χ1) is 7.59. The van der Waals surface area contributed by atoms with Gasteiger partial charge in [-0.05, 0) is 39.4 Å². The molecule has 4 heteroatoms. The molecule has 16 heavy (non-hydrogen) atoms. The highest BCUT2D eigenvalue weighted by Gasteiger charge is 2.19. The monoisotopic (exact) mass is 243 g/mol. The van der Waals surface area contributed by atoms with Crippen LogP contribution in [0.2, 0.25) is 0 Å². The zero-order valence-electron chi connectivity index (χ0n) is 11.0. The number of hydrogen-bond acceptors (Lipinski definition) is 3. The topological polar surface area (TPSA) is 27.6 Å². The summed E-state index contributed by atoms with van der Waals surface area (Å²) in [6.45, 7) is 6.61. The normalized spacial score (nSPS) is 24.1. The van der Waals surface area contributed by atoms with Gasteiger partial charge in [0.2, 0.25) is 0 Å². The Labute approximate surface area is 104 Å². The molecule has 1 heterocycles. The Morgan fingerprint density at radius 3 is 2.88 bits per heavy atom. The Kier molecular flexibility index (Phi) is 6.21. The van der Waals surface area contributed by atoms with E-state index in [9.17, 15) is 0 Å². The van der Waals surface area contributed by atoms with Crippen molar-refractivity contribution < 1.29 is 0 Å². The van der Waals surface area contributed by atoms with Crippen LogP contribution in [-0.4, -0.2) is 49.0 Å². The first kappa shape index (κ1) is 13.8. The molecule has 0 aromatic heterocycles. The van der Waals surface area contributed by atoms with E-state index in [1.54, 1.807) is 0 Å². The summed E-state index contributed by atoms with van der Waals surface area (Å²) >= 11 is 1.87. The van der Waals surface area contributed by atoms with Crippen molar-refractivity contribution in [3.63, 3.8) is 0 Å². The van der Waals surface area contributed by atoms with Crippen LogP contribution in [0.5, 0.6) is 0 Å². The molecule has 1 rings (SSSR count). The minimum absolute atomic E-state index is 0.619. The van der Waals surface area contributed by atoms with Crippen molar-refractivity contribution in [2.75, 3.05) is 32.9 Å². The second-order valence-corrected chi connectivity index (χ2v) is 6.06. The predicted octanol–water partition coefficient (Wildman–Crippen LogP) is 2.05. The molecule has 1 saturated heterocycles. The van der Waals surface area contributed by atoms with Crippen LogP contribution in [0.3, 0.4) is 0 Å². The number of rotatable bonds is 5. The number of nitrogens with zero attached hydrogens (tertiary/aromatic N) is 2. The van der Waals surface area contributed by atoms with E-state index in [0.717, 1.165) is 24.7 Å². The Hall–Kier alpha value is -0.220. The Balaban J connectivity index is 2.27. The quantitative estimate of drug-likeness (QED) is 0.749. The van der Waals surface area contributed by atoms with Gasteiger partial charge in [0.25, 0.3) is 0 Å². The molecule has 1 atom stereocenters. The van der Waals surface area contributed by atoms with Gasteiger partial charge in [0.1, 0.15) is 0 Å². The van der Waals surface area contributed by atoms with Gasteiger partial charge in [-0.3, -0.25) is 4.99 Å². The second-order valence-electron chi connectivity index (χ2n) is 4.98. The first-order valence-electron chi connectivity index (χ1n) is 6.18. The van der Waals surface area contributed by atoms with Crippen molar-refractivity contribution in [3.8, 4) is 0 Å². The number of hydrogen-bond donors (Lipinski definition) is 1. The largest absolute Gasteiger partial charge is 0.362 e. The van der Waals surface area contributed by atoms with E-state index >= 15 is 0 Å². The molecule has 0 aliphatic carbocycles. The van der Waals surface area contributed by atoms with Crippen LogP contribution >= 0.6 is 11.8 Å². The summed E-state index contributed by atoms with van der Waals surface area (Å²) in [4.78, 5) is 6.84. The predicted molar refractivity (Wildman–Crippen MR) is 74.3 cm³/mol. The lowest BCUT2D eigenvalue weighted by Gasteiger charge is -2.28. The standard InChI is InChI=1S/C12H25N3S/c1-10(2)11-6-9-16-12(14-11)13-7-5-8-15(3)4/h10-11H,5-9H2,1-4H3,(H,13,14). The van der Waals surface area contributed by atoms with E-state index in [-0.39, 0.29) is 0 Å². The van der Waals surface area contributed by atoms with E-state index < -0.39 is 0 Å². The highest BCUT2D eigenvalue weighted by atomic mass is 32.2. The molecule has 1 unspecified atom stereocenters. The highest BCUT2D eigenvalue weighted by Crippen LogP contribution is 2.18. The molecule has 1 N–H and O–H groups in total. The van der Waals surface area contributed by atoms with E-state index in [1.165, 1.54) is 12.2 Å². The third-order valence-electron chi connectivity index (χ3n) is 2.80. The number of nitrogens with one attached hydrogen (secondary N) is 1. The van der Waals surface area contributed by atoms with Crippen LogP contribution in [0.1, 0.15) is 26.7 Å². The Bertz CT molecular complexity index is 226. The molecular formula is C12H25N3S. The first-order valence-corrected chi connectivity index (χ1v) is 7.16. The zero-order chi connectivity index (χ0) is 12.0. The molecule has 0 spiro atoms.